The number of rotatable bonds is 6. The van der Waals surface area contributed by atoms with Crippen molar-refractivity contribution < 1.29 is 19.4 Å². The molecule has 2 aromatic rings. The van der Waals surface area contributed by atoms with Gasteiger partial charge in [-0.05, 0) is 24.4 Å². The number of thiophene rings is 1. The number of aromatic carboxylic acids is 1. The summed E-state index contributed by atoms with van der Waals surface area (Å²) in [6, 6.07) is 5.05. The van der Waals surface area contributed by atoms with Gasteiger partial charge in [0.2, 0.25) is 0 Å². The van der Waals surface area contributed by atoms with Crippen LogP contribution in [0.15, 0.2) is 36.0 Å². The number of carbonyl (C=O) groups is 2. The summed E-state index contributed by atoms with van der Waals surface area (Å²) in [5, 5.41) is 13.7. The van der Waals surface area contributed by atoms with Crippen LogP contribution in [-0.4, -0.2) is 28.6 Å². The lowest BCUT2D eigenvalue weighted by Crippen LogP contribution is -2.31. The van der Waals surface area contributed by atoms with Crippen LogP contribution in [0.25, 0.3) is 0 Å². The number of carboxylic acid groups (broad SMARTS) is 1. The Labute approximate surface area is 125 Å². The zero-order valence-corrected chi connectivity index (χ0v) is 12.1. The van der Waals surface area contributed by atoms with Crippen molar-refractivity contribution in [3.05, 3.63) is 46.4 Å². The van der Waals surface area contributed by atoms with E-state index in [9.17, 15) is 9.59 Å². The van der Waals surface area contributed by atoms with Crippen molar-refractivity contribution in [2.24, 2.45) is 0 Å². The molecule has 1 amide bonds. The van der Waals surface area contributed by atoms with Crippen molar-refractivity contribution >= 4 is 23.2 Å². The summed E-state index contributed by atoms with van der Waals surface area (Å²) in [4.78, 5) is 27.6. The number of aromatic nitrogens is 1. The normalized spacial score (nSPS) is 11.7. The van der Waals surface area contributed by atoms with Gasteiger partial charge in [-0.25, -0.2) is 4.79 Å². The predicted octanol–water partition coefficient (Wildman–Crippen LogP) is 2.10. The summed E-state index contributed by atoms with van der Waals surface area (Å²) in [7, 11) is 0. The van der Waals surface area contributed by atoms with Gasteiger partial charge in [0.1, 0.15) is 5.56 Å². The third-order valence-electron chi connectivity index (χ3n) is 2.72. The monoisotopic (exact) mass is 306 g/mol. The second kappa shape index (κ2) is 6.85. The van der Waals surface area contributed by atoms with E-state index in [4.69, 9.17) is 9.84 Å². The average Bonchev–Trinajstić information content (AvgIpc) is 2.99. The molecule has 0 spiro atoms. The molecule has 0 aliphatic heterocycles. The van der Waals surface area contributed by atoms with E-state index in [2.05, 4.69) is 10.3 Å². The zero-order valence-electron chi connectivity index (χ0n) is 11.3. The lowest BCUT2D eigenvalue weighted by atomic mass is 10.2. The van der Waals surface area contributed by atoms with Crippen molar-refractivity contribution in [3.8, 4) is 5.75 Å². The molecule has 1 atom stereocenters. The summed E-state index contributed by atoms with van der Waals surface area (Å²) in [5.41, 5.74) is -0.0240. The molecule has 6 nitrogen and oxygen atoms in total. The summed E-state index contributed by atoms with van der Waals surface area (Å²) in [6.07, 6.45) is 2.63. The third-order valence-corrected chi connectivity index (χ3v) is 3.78. The lowest BCUT2D eigenvalue weighted by molar-refractivity contribution is -0.123. The molecule has 0 bridgehead atoms. The van der Waals surface area contributed by atoms with Gasteiger partial charge in [-0.3, -0.25) is 9.78 Å². The van der Waals surface area contributed by atoms with E-state index >= 15 is 0 Å². The van der Waals surface area contributed by atoms with Crippen LogP contribution in [0.3, 0.4) is 0 Å². The van der Waals surface area contributed by atoms with Gasteiger partial charge in [0.25, 0.3) is 5.91 Å². The minimum Gasteiger partial charge on any atom is -0.481 e. The number of ether oxygens (including phenoxy) is 1. The van der Waals surface area contributed by atoms with Crippen LogP contribution in [0.2, 0.25) is 0 Å². The highest BCUT2D eigenvalue weighted by molar-refractivity contribution is 7.10. The predicted molar refractivity (Wildman–Crippen MR) is 77.6 cm³/mol. The molecular formula is C14H14N2O4S. The molecule has 0 saturated heterocycles. The molecule has 2 heterocycles. The van der Waals surface area contributed by atoms with Crippen LogP contribution < -0.4 is 10.1 Å². The Morgan fingerprint density at radius 3 is 2.95 bits per heavy atom. The van der Waals surface area contributed by atoms with Gasteiger partial charge >= 0.3 is 5.97 Å². The van der Waals surface area contributed by atoms with Gasteiger partial charge in [-0.1, -0.05) is 6.07 Å². The van der Waals surface area contributed by atoms with Gasteiger partial charge in [0.15, 0.2) is 12.4 Å². The smallest absolute Gasteiger partial charge is 0.339 e. The topological polar surface area (TPSA) is 88.5 Å². The fraction of sp³-hybridized carbons (Fsp3) is 0.214. The van der Waals surface area contributed by atoms with E-state index in [0.29, 0.717) is 0 Å². The van der Waals surface area contributed by atoms with Crippen LogP contribution in [0, 0.1) is 0 Å². The Hall–Kier alpha value is -2.41. The van der Waals surface area contributed by atoms with E-state index in [-0.39, 0.29) is 29.9 Å². The largest absolute Gasteiger partial charge is 0.481 e. The second-order valence-electron chi connectivity index (χ2n) is 4.27. The van der Waals surface area contributed by atoms with E-state index in [1.54, 1.807) is 11.3 Å². The Morgan fingerprint density at radius 2 is 2.29 bits per heavy atom. The molecule has 21 heavy (non-hydrogen) atoms. The number of hydrogen-bond donors (Lipinski definition) is 2. The number of hydrogen-bond acceptors (Lipinski definition) is 5. The molecule has 2 rings (SSSR count). The standard InChI is InChI=1S/C14H14N2O4S/c1-9(12-3-2-6-21-12)16-13(17)8-20-11-7-15-5-4-10(11)14(18)19/h2-7,9H,8H2,1H3,(H,16,17)(H,18,19). The molecule has 0 radical (unpaired) electrons. The number of nitrogens with one attached hydrogen (secondary N) is 1. The zero-order chi connectivity index (χ0) is 15.2. The fourth-order valence-electron chi connectivity index (χ4n) is 1.71. The van der Waals surface area contributed by atoms with Crippen molar-refractivity contribution in [1.82, 2.24) is 10.3 Å². The van der Waals surface area contributed by atoms with E-state index in [1.807, 2.05) is 24.4 Å². The minimum absolute atomic E-state index is 0.0240. The molecule has 0 fully saturated rings. The molecule has 0 aliphatic carbocycles. The first-order valence-corrected chi connectivity index (χ1v) is 7.08. The van der Waals surface area contributed by atoms with E-state index in [0.717, 1.165) is 4.88 Å². The highest BCUT2D eigenvalue weighted by Crippen LogP contribution is 2.18. The highest BCUT2D eigenvalue weighted by atomic mass is 32.1. The van der Waals surface area contributed by atoms with Crippen LogP contribution >= 0.6 is 11.3 Å². The van der Waals surface area contributed by atoms with Gasteiger partial charge in [0.05, 0.1) is 12.2 Å². The van der Waals surface area contributed by atoms with Crippen molar-refractivity contribution in [1.29, 1.82) is 0 Å². The molecular weight excluding hydrogens is 292 g/mol. The Morgan fingerprint density at radius 1 is 1.48 bits per heavy atom. The molecule has 7 heteroatoms. The summed E-state index contributed by atoms with van der Waals surface area (Å²) in [6.45, 7) is 1.61. The second-order valence-corrected chi connectivity index (χ2v) is 5.25. The summed E-state index contributed by atoms with van der Waals surface area (Å²) < 4.78 is 5.23. The summed E-state index contributed by atoms with van der Waals surface area (Å²) in [5.74, 6) is -1.38. The Balaban J connectivity index is 1.91. The molecule has 2 aromatic heterocycles. The molecule has 0 aliphatic rings. The first-order valence-electron chi connectivity index (χ1n) is 6.21. The number of nitrogens with zero attached hydrogens (tertiary/aromatic N) is 1. The molecule has 110 valence electrons. The summed E-state index contributed by atoms with van der Waals surface area (Å²) >= 11 is 1.55. The van der Waals surface area contributed by atoms with Crippen molar-refractivity contribution in [3.63, 3.8) is 0 Å². The van der Waals surface area contributed by atoms with Crippen molar-refractivity contribution in [2.75, 3.05) is 6.61 Å². The molecule has 0 saturated carbocycles. The number of carboxylic acids is 1. The van der Waals surface area contributed by atoms with Gasteiger partial charge in [-0.2, -0.15) is 0 Å². The average molecular weight is 306 g/mol. The minimum atomic E-state index is -1.13. The molecule has 0 aromatic carbocycles. The first kappa shape index (κ1) is 15.0. The van der Waals surface area contributed by atoms with Crippen LogP contribution in [0.4, 0.5) is 0 Å². The quantitative estimate of drug-likeness (QED) is 0.853. The van der Waals surface area contributed by atoms with Gasteiger partial charge in [0, 0.05) is 11.1 Å². The number of carbonyl (C=O) groups excluding carboxylic acids is 1. The SMILES string of the molecule is CC(NC(=O)COc1cnccc1C(=O)O)c1cccs1. The highest BCUT2D eigenvalue weighted by Gasteiger charge is 2.14. The van der Waals surface area contributed by atoms with Gasteiger partial charge in [-0.15, -0.1) is 11.3 Å². The van der Waals surface area contributed by atoms with E-state index in [1.165, 1.54) is 18.5 Å². The van der Waals surface area contributed by atoms with Crippen LogP contribution in [-0.2, 0) is 4.79 Å². The van der Waals surface area contributed by atoms with Gasteiger partial charge < -0.3 is 15.2 Å². The third kappa shape index (κ3) is 4.03. The van der Waals surface area contributed by atoms with E-state index < -0.39 is 5.97 Å². The van der Waals surface area contributed by atoms with Crippen LogP contribution in [0.5, 0.6) is 5.75 Å². The molecule has 1 unspecified atom stereocenters. The first-order chi connectivity index (χ1) is 10.1. The Kier molecular flexibility index (Phi) is 4.89. The fourth-order valence-corrected chi connectivity index (χ4v) is 2.44. The molecule has 2 N–H and O–H groups in total. The van der Waals surface area contributed by atoms with Crippen LogP contribution in [0.1, 0.15) is 28.2 Å². The van der Waals surface area contributed by atoms with Crippen molar-refractivity contribution in [2.45, 2.75) is 13.0 Å². The Bertz CT molecular complexity index is 628. The maximum absolute atomic E-state index is 11.8. The maximum Gasteiger partial charge on any atom is 0.339 e. The number of amides is 1. The maximum atomic E-state index is 11.8. The number of pyridine rings is 1. The lowest BCUT2D eigenvalue weighted by Gasteiger charge is -2.13.